The van der Waals surface area contributed by atoms with Crippen molar-refractivity contribution in [3.05, 3.63) is 34.9 Å². The fourth-order valence-corrected chi connectivity index (χ4v) is 2.95. The van der Waals surface area contributed by atoms with Crippen LogP contribution in [0.3, 0.4) is 0 Å². The maximum absolute atomic E-state index is 9.84. The Kier molecular flexibility index (Phi) is 1.50. The first kappa shape index (κ1) is 7.57. The maximum atomic E-state index is 9.84. The van der Waals surface area contributed by atoms with E-state index in [0.29, 0.717) is 5.92 Å². The van der Waals surface area contributed by atoms with E-state index < -0.39 is 0 Å². The molecule has 0 heterocycles. The third kappa shape index (κ3) is 0.969. The van der Waals surface area contributed by atoms with Crippen LogP contribution >= 0.6 is 0 Å². The molecule has 0 unspecified atom stereocenters. The third-order valence-corrected chi connectivity index (χ3v) is 3.50. The summed E-state index contributed by atoms with van der Waals surface area (Å²) in [5, 5.41) is 9.84. The lowest BCUT2D eigenvalue weighted by molar-refractivity contribution is 0.171. The summed E-state index contributed by atoms with van der Waals surface area (Å²) in [7, 11) is 0. The van der Waals surface area contributed by atoms with Crippen LogP contribution in [0.1, 0.15) is 48.0 Å². The molecule has 1 N–H and O–H groups in total. The quantitative estimate of drug-likeness (QED) is 0.640. The maximum Gasteiger partial charge on any atom is 0.0798 e. The average Bonchev–Trinajstić information content (AvgIpc) is 2.47. The van der Waals surface area contributed by atoms with Crippen LogP contribution in [0, 0.1) is 0 Å². The van der Waals surface area contributed by atoms with Crippen LogP contribution in [-0.4, -0.2) is 5.11 Å². The van der Waals surface area contributed by atoms with E-state index in [1.807, 2.05) is 0 Å². The van der Waals surface area contributed by atoms with Crippen LogP contribution in [0.2, 0.25) is 0 Å². The van der Waals surface area contributed by atoms with Gasteiger partial charge in [0.25, 0.3) is 0 Å². The highest BCUT2D eigenvalue weighted by atomic mass is 16.3. The van der Waals surface area contributed by atoms with Gasteiger partial charge in [0.15, 0.2) is 0 Å². The molecule has 0 aromatic heterocycles. The van der Waals surface area contributed by atoms with E-state index in [9.17, 15) is 5.11 Å². The summed E-state index contributed by atoms with van der Waals surface area (Å²) in [4.78, 5) is 0. The number of aliphatic hydroxyl groups excluding tert-OH is 1. The van der Waals surface area contributed by atoms with Crippen molar-refractivity contribution in [1.82, 2.24) is 0 Å². The Morgan fingerprint density at radius 2 is 2.23 bits per heavy atom. The van der Waals surface area contributed by atoms with Crippen LogP contribution in [0.15, 0.2) is 18.2 Å². The van der Waals surface area contributed by atoms with Gasteiger partial charge in [-0.25, -0.2) is 0 Å². The minimum Gasteiger partial charge on any atom is -0.388 e. The summed E-state index contributed by atoms with van der Waals surface area (Å²) in [5.74, 6) is 0.662. The lowest BCUT2D eigenvalue weighted by Gasteiger charge is -2.20. The Morgan fingerprint density at radius 3 is 3.15 bits per heavy atom. The van der Waals surface area contributed by atoms with E-state index >= 15 is 0 Å². The summed E-state index contributed by atoms with van der Waals surface area (Å²) in [6, 6.07) is 6.41. The van der Waals surface area contributed by atoms with Gasteiger partial charge in [0.1, 0.15) is 0 Å². The molecule has 68 valence electrons. The molecule has 1 nitrogen and oxygen atoms in total. The fraction of sp³-hybridized carbons (Fsp3) is 0.500. The topological polar surface area (TPSA) is 20.2 Å². The Morgan fingerprint density at radius 1 is 1.31 bits per heavy atom. The lowest BCUT2D eigenvalue weighted by Crippen LogP contribution is -2.05. The number of hydrogen-bond acceptors (Lipinski definition) is 1. The van der Waals surface area contributed by atoms with E-state index in [0.717, 1.165) is 6.42 Å². The first-order chi connectivity index (χ1) is 6.36. The summed E-state index contributed by atoms with van der Waals surface area (Å²) < 4.78 is 0. The van der Waals surface area contributed by atoms with Gasteiger partial charge in [-0.15, -0.1) is 0 Å². The number of hydrogen-bond donors (Lipinski definition) is 1. The molecular formula is C12H14O. The monoisotopic (exact) mass is 174 g/mol. The highest BCUT2D eigenvalue weighted by molar-refractivity contribution is 5.44. The van der Waals surface area contributed by atoms with Gasteiger partial charge in [0.05, 0.1) is 6.10 Å². The number of rotatable bonds is 0. The Balaban J connectivity index is 2.22. The van der Waals surface area contributed by atoms with Gasteiger partial charge in [0.2, 0.25) is 0 Å². The summed E-state index contributed by atoms with van der Waals surface area (Å²) in [6.45, 7) is 0. The molecule has 3 rings (SSSR count). The zero-order valence-electron chi connectivity index (χ0n) is 7.66. The predicted molar refractivity (Wildman–Crippen MR) is 51.7 cm³/mol. The molecule has 0 saturated carbocycles. The molecule has 1 heteroatoms. The SMILES string of the molecule is O[C@@H]1C[C@@H]2CCCc3cccc1c32. The van der Waals surface area contributed by atoms with Crippen molar-refractivity contribution >= 4 is 0 Å². The van der Waals surface area contributed by atoms with Gasteiger partial charge in [-0.2, -0.15) is 0 Å². The second kappa shape index (κ2) is 2.58. The molecule has 0 bridgehead atoms. The molecule has 13 heavy (non-hydrogen) atoms. The number of benzene rings is 1. The minimum atomic E-state index is -0.182. The van der Waals surface area contributed by atoms with Crippen LogP contribution in [0.4, 0.5) is 0 Å². The molecule has 0 amide bonds. The standard InChI is InChI=1S/C12H14O/c13-11-7-9-5-1-3-8-4-2-6-10(11)12(8)9/h2,4,6,9,11,13H,1,3,5,7H2/t9-,11+/m0/s1. The first-order valence-electron chi connectivity index (χ1n) is 5.16. The van der Waals surface area contributed by atoms with Crippen LogP contribution in [0.5, 0.6) is 0 Å². The number of aliphatic hydroxyl groups is 1. The van der Waals surface area contributed by atoms with Crippen molar-refractivity contribution in [2.45, 2.75) is 37.7 Å². The van der Waals surface area contributed by atoms with E-state index in [-0.39, 0.29) is 6.10 Å². The molecule has 0 spiro atoms. The molecule has 2 aliphatic rings. The van der Waals surface area contributed by atoms with Crippen molar-refractivity contribution in [2.75, 3.05) is 0 Å². The van der Waals surface area contributed by atoms with Gasteiger partial charge < -0.3 is 5.11 Å². The van der Waals surface area contributed by atoms with E-state index in [2.05, 4.69) is 18.2 Å². The van der Waals surface area contributed by atoms with Crippen LogP contribution in [0.25, 0.3) is 0 Å². The molecule has 0 saturated heterocycles. The molecule has 1 aromatic carbocycles. The van der Waals surface area contributed by atoms with Crippen molar-refractivity contribution < 1.29 is 5.11 Å². The minimum absolute atomic E-state index is 0.182. The lowest BCUT2D eigenvalue weighted by atomic mass is 9.84. The zero-order valence-corrected chi connectivity index (χ0v) is 7.66. The second-order valence-electron chi connectivity index (χ2n) is 4.26. The predicted octanol–water partition coefficient (Wildman–Crippen LogP) is 2.54. The van der Waals surface area contributed by atoms with Crippen LogP contribution in [-0.2, 0) is 6.42 Å². The Hall–Kier alpha value is -0.820. The van der Waals surface area contributed by atoms with Gasteiger partial charge in [-0.05, 0) is 48.3 Å². The molecule has 0 fully saturated rings. The van der Waals surface area contributed by atoms with E-state index in [4.69, 9.17) is 0 Å². The second-order valence-corrected chi connectivity index (χ2v) is 4.26. The third-order valence-electron chi connectivity index (χ3n) is 3.50. The van der Waals surface area contributed by atoms with Gasteiger partial charge in [-0.1, -0.05) is 18.2 Å². The number of aryl methyl sites for hydroxylation is 1. The largest absolute Gasteiger partial charge is 0.388 e. The highest BCUT2D eigenvalue weighted by Gasteiger charge is 2.33. The Bertz CT molecular complexity index is 343. The van der Waals surface area contributed by atoms with Crippen molar-refractivity contribution in [1.29, 1.82) is 0 Å². The van der Waals surface area contributed by atoms with E-state index in [1.54, 1.807) is 0 Å². The normalized spacial score (nSPS) is 30.2. The van der Waals surface area contributed by atoms with Gasteiger partial charge in [-0.3, -0.25) is 0 Å². The van der Waals surface area contributed by atoms with Crippen molar-refractivity contribution in [3.8, 4) is 0 Å². The summed E-state index contributed by atoms with van der Waals surface area (Å²) in [6.07, 6.45) is 4.58. The first-order valence-corrected chi connectivity index (χ1v) is 5.16. The van der Waals surface area contributed by atoms with Gasteiger partial charge >= 0.3 is 0 Å². The molecule has 0 radical (unpaired) electrons. The van der Waals surface area contributed by atoms with Crippen molar-refractivity contribution in [2.24, 2.45) is 0 Å². The molecule has 1 aromatic rings. The molecule has 2 aliphatic carbocycles. The smallest absolute Gasteiger partial charge is 0.0798 e. The Labute approximate surface area is 78.4 Å². The van der Waals surface area contributed by atoms with Crippen LogP contribution < -0.4 is 0 Å². The summed E-state index contributed by atoms with van der Waals surface area (Å²) in [5.41, 5.74) is 4.19. The molecule has 2 atom stereocenters. The highest BCUT2D eigenvalue weighted by Crippen LogP contribution is 2.47. The summed E-state index contributed by atoms with van der Waals surface area (Å²) >= 11 is 0. The van der Waals surface area contributed by atoms with Crippen molar-refractivity contribution in [3.63, 3.8) is 0 Å². The molecular weight excluding hydrogens is 160 g/mol. The van der Waals surface area contributed by atoms with E-state index in [1.165, 1.54) is 36.0 Å². The average molecular weight is 174 g/mol. The van der Waals surface area contributed by atoms with Gasteiger partial charge in [0, 0.05) is 0 Å². The zero-order chi connectivity index (χ0) is 8.84. The fourth-order valence-electron chi connectivity index (χ4n) is 2.95. The molecule has 0 aliphatic heterocycles.